The maximum atomic E-state index is 12.5. The molecule has 0 bridgehead atoms. The number of carbonyl (C=O) groups is 2. The van der Waals surface area contributed by atoms with Crippen molar-refractivity contribution in [3.63, 3.8) is 0 Å². The van der Waals surface area contributed by atoms with Crippen molar-refractivity contribution >= 4 is 32.8 Å². The summed E-state index contributed by atoms with van der Waals surface area (Å²) in [5, 5.41) is 9.73. The average Bonchev–Trinajstić information content (AvgIpc) is 2.97. The van der Waals surface area contributed by atoms with Crippen molar-refractivity contribution in [1.82, 2.24) is 14.8 Å². The summed E-state index contributed by atoms with van der Waals surface area (Å²) in [6, 6.07) is 11.0. The van der Waals surface area contributed by atoms with Crippen LogP contribution in [0.1, 0.15) is 26.3 Å². The molecular weight excluding hydrogens is 370 g/mol. The van der Waals surface area contributed by atoms with Gasteiger partial charge in [0.05, 0.1) is 16.0 Å². The van der Waals surface area contributed by atoms with Crippen LogP contribution < -0.4 is 10.3 Å². The van der Waals surface area contributed by atoms with Crippen LogP contribution in [0.2, 0.25) is 0 Å². The monoisotopic (exact) mass is 387 g/mol. The van der Waals surface area contributed by atoms with Crippen LogP contribution in [0.15, 0.2) is 53.6 Å². The molecule has 2 aromatic carbocycles. The summed E-state index contributed by atoms with van der Waals surface area (Å²) in [4.78, 5) is 25.3. The number of rotatable bonds is 5. The first-order valence-corrected chi connectivity index (χ1v) is 9.39. The highest BCUT2D eigenvalue weighted by molar-refractivity contribution is 7.89. The number of aromatic carboxylic acids is 1. The lowest BCUT2D eigenvalue weighted by Gasteiger charge is -2.11. The van der Waals surface area contributed by atoms with Crippen molar-refractivity contribution < 1.29 is 23.1 Å². The first-order chi connectivity index (χ1) is 12.7. The minimum absolute atomic E-state index is 0.165. The highest BCUT2D eigenvalue weighted by Gasteiger charge is 2.21. The Morgan fingerprint density at radius 3 is 2.52 bits per heavy atom. The SMILES string of the molecule is Cc1ccc(C(=O)O)cc1S(=O)(=O)NNC(=O)c1cn(C)c2ccccc12. The second-order valence-electron chi connectivity index (χ2n) is 6.02. The number of nitrogens with zero attached hydrogens (tertiary/aromatic N) is 1. The molecule has 0 saturated heterocycles. The second-order valence-corrected chi connectivity index (χ2v) is 7.67. The minimum Gasteiger partial charge on any atom is -0.478 e. The van der Waals surface area contributed by atoms with Crippen molar-refractivity contribution in [3.8, 4) is 0 Å². The van der Waals surface area contributed by atoms with Gasteiger partial charge in [-0.1, -0.05) is 24.3 Å². The van der Waals surface area contributed by atoms with Gasteiger partial charge in [-0.2, -0.15) is 0 Å². The van der Waals surface area contributed by atoms with Crippen molar-refractivity contribution in [2.45, 2.75) is 11.8 Å². The quantitative estimate of drug-likeness (QED) is 0.577. The number of nitrogens with one attached hydrogen (secondary N) is 2. The molecule has 9 heteroatoms. The van der Waals surface area contributed by atoms with Gasteiger partial charge in [0.25, 0.3) is 15.9 Å². The summed E-state index contributed by atoms with van der Waals surface area (Å²) < 4.78 is 26.8. The summed E-state index contributed by atoms with van der Waals surface area (Å²) in [7, 11) is -2.37. The largest absolute Gasteiger partial charge is 0.478 e. The number of hydrogen-bond donors (Lipinski definition) is 3. The normalized spacial score (nSPS) is 11.5. The second kappa shape index (κ2) is 6.86. The van der Waals surface area contributed by atoms with Crippen LogP contribution in [-0.2, 0) is 17.1 Å². The van der Waals surface area contributed by atoms with E-state index in [0.717, 1.165) is 11.6 Å². The molecule has 8 nitrogen and oxygen atoms in total. The zero-order chi connectivity index (χ0) is 19.8. The molecule has 0 aliphatic rings. The molecule has 1 heterocycles. The molecule has 0 aliphatic heterocycles. The molecule has 1 amide bonds. The van der Waals surface area contributed by atoms with Crippen molar-refractivity contribution in [2.75, 3.05) is 0 Å². The number of aryl methyl sites for hydroxylation is 2. The van der Waals surface area contributed by atoms with Crippen LogP contribution in [-0.4, -0.2) is 30.0 Å². The first kappa shape index (κ1) is 18.6. The molecule has 3 N–H and O–H groups in total. The van der Waals surface area contributed by atoms with E-state index in [0.29, 0.717) is 16.5 Å². The predicted molar refractivity (Wildman–Crippen MR) is 98.8 cm³/mol. The fourth-order valence-corrected chi connectivity index (χ4v) is 3.89. The molecular formula is C18H17N3O5S. The maximum Gasteiger partial charge on any atom is 0.335 e. The van der Waals surface area contributed by atoms with Crippen LogP contribution in [0.5, 0.6) is 0 Å². The number of amides is 1. The smallest absolute Gasteiger partial charge is 0.335 e. The van der Waals surface area contributed by atoms with E-state index in [1.165, 1.54) is 19.1 Å². The number of sulfonamides is 1. The third-order valence-corrected chi connectivity index (χ3v) is 5.55. The highest BCUT2D eigenvalue weighted by atomic mass is 32.2. The van der Waals surface area contributed by atoms with Gasteiger partial charge >= 0.3 is 5.97 Å². The number of aromatic nitrogens is 1. The van der Waals surface area contributed by atoms with Crippen LogP contribution in [0.25, 0.3) is 10.9 Å². The Balaban J connectivity index is 1.86. The average molecular weight is 387 g/mol. The molecule has 0 saturated carbocycles. The van der Waals surface area contributed by atoms with Gasteiger partial charge in [-0.3, -0.25) is 10.2 Å². The molecule has 0 unspecified atom stereocenters. The Hall–Kier alpha value is -3.17. The Morgan fingerprint density at radius 2 is 1.81 bits per heavy atom. The number of benzene rings is 2. The number of carboxylic acid groups (broad SMARTS) is 1. The zero-order valence-electron chi connectivity index (χ0n) is 14.6. The van der Waals surface area contributed by atoms with E-state index < -0.39 is 21.9 Å². The molecule has 0 spiro atoms. The van der Waals surface area contributed by atoms with E-state index in [9.17, 15) is 18.0 Å². The molecule has 27 heavy (non-hydrogen) atoms. The number of carbonyl (C=O) groups excluding carboxylic acids is 1. The van der Waals surface area contributed by atoms with E-state index in [1.54, 1.807) is 29.9 Å². The van der Waals surface area contributed by atoms with Crippen LogP contribution >= 0.6 is 0 Å². The molecule has 3 aromatic rings. The van der Waals surface area contributed by atoms with Gasteiger partial charge < -0.3 is 9.67 Å². The number of para-hydroxylation sites is 1. The Morgan fingerprint density at radius 1 is 1.11 bits per heavy atom. The molecule has 0 aliphatic carbocycles. The summed E-state index contributed by atoms with van der Waals surface area (Å²) in [5.74, 6) is -1.87. The summed E-state index contributed by atoms with van der Waals surface area (Å²) in [6.07, 6.45) is 1.60. The lowest BCUT2D eigenvalue weighted by atomic mass is 10.1. The molecule has 0 fully saturated rings. The number of hydrogen-bond acceptors (Lipinski definition) is 4. The van der Waals surface area contributed by atoms with Crippen molar-refractivity contribution in [3.05, 3.63) is 65.4 Å². The van der Waals surface area contributed by atoms with Gasteiger partial charge in [-0.25, -0.2) is 13.2 Å². The fraction of sp³-hybridized carbons (Fsp3) is 0.111. The Bertz CT molecular complexity index is 1160. The van der Waals surface area contributed by atoms with Gasteiger partial charge in [0, 0.05) is 24.1 Å². The lowest BCUT2D eigenvalue weighted by molar-refractivity contribution is 0.0696. The van der Waals surface area contributed by atoms with E-state index in [1.807, 2.05) is 17.0 Å². The van der Waals surface area contributed by atoms with Gasteiger partial charge in [0.1, 0.15) is 0 Å². The molecule has 1 aromatic heterocycles. The van der Waals surface area contributed by atoms with Gasteiger partial charge in [-0.05, 0) is 30.7 Å². The topological polar surface area (TPSA) is 118 Å². The van der Waals surface area contributed by atoms with Crippen molar-refractivity contribution in [2.24, 2.45) is 7.05 Å². The fourth-order valence-electron chi connectivity index (χ4n) is 2.78. The van der Waals surface area contributed by atoms with Gasteiger partial charge in [0.2, 0.25) is 0 Å². The van der Waals surface area contributed by atoms with Crippen LogP contribution in [0, 0.1) is 6.92 Å². The Labute approximate surface area is 155 Å². The number of fused-ring (bicyclic) bond motifs is 1. The Kier molecular flexibility index (Phi) is 4.73. The number of hydrazine groups is 1. The lowest BCUT2D eigenvalue weighted by Crippen LogP contribution is -2.41. The van der Waals surface area contributed by atoms with Gasteiger partial charge in [-0.15, -0.1) is 4.83 Å². The maximum absolute atomic E-state index is 12.5. The highest BCUT2D eigenvalue weighted by Crippen LogP contribution is 2.20. The predicted octanol–water partition coefficient (Wildman–Crippen LogP) is 1.81. The van der Waals surface area contributed by atoms with Crippen LogP contribution in [0.3, 0.4) is 0 Å². The summed E-state index contributed by atoms with van der Waals surface area (Å²) in [6.45, 7) is 1.53. The third-order valence-electron chi connectivity index (χ3n) is 4.17. The minimum atomic E-state index is -4.15. The zero-order valence-corrected chi connectivity index (χ0v) is 15.4. The molecule has 140 valence electrons. The molecule has 0 atom stereocenters. The van der Waals surface area contributed by atoms with E-state index in [4.69, 9.17) is 5.11 Å². The van der Waals surface area contributed by atoms with Gasteiger partial charge in [0.15, 0.2) is 0 Å². The standard InChI is InChI=1S/C18H17N3O5S/c1-11-7-8-12(18(23)24)9-16(11)27(25,26)20-19-17(22)14-10-21(2)15-6-4-3-5-13(14)15/h3-10,20H,1-2H3,(H,19,22)(H,23,24). The molecule has 3 rings (SSSR count). The summed E-state index contributed by atoms with van der Waals surface area (Å²) in [5.41, 5.74) is 3.51. The summed E-state index contributed by atoms with van der Waals surface area (Å²) >= 11 is 0. The number of carboxylic acids is 1. The first-order valence-electron chi connectivity index (χ1n) is 7.91. The van der Waals surface area contributed by atoms with E-state index in [-0.39, 0.29) is 10.5 Å². The third kappa shape index (κ3) is 3.55. The van der Waals surface area contributed by atoms with E-state index >= 15 is 0 Å². The molecule has 0 radical (unpaired) electrons. The van der Waals surface area contributed by atoms with E-state index in [2.05, 4.69) is 5.43 Å². The van der Waals surface area contributed by atoms with Crippen LogP contribution in [0.4, 0.5) is 0 Å². The van der Waals surface area contributed by atoms with Crippen molar-refractivity contribution in [1.29, 1.82) is 0 Å².